The Morgan fingerprint density at radius 1 is 1.00 bits per heavy atom. The van der Waals surface area contributed by atoms with E-state index >= 15 is 0 Å². The van der Waals surface area contributed by atoms with Crippen LogP contribution in [0.15, 0.2) is 54.6 Å². The van der Waals surface area contributed by atoms with Gasteiger partial charge in [-0.05, 0) is 54.0 Å². The summed E-state index contributed by atoms with van der Waals surface area (Å²) in [6.45, 7) is 6.68. The number of nitrogens with one attached hydrogen (secondary N) is 2. The van der Waals surface area contributed by atoms with Crippen molar-refractivity contribution in [3.05, 3.63) is 65.7 Å². The summed E-state index contributed by atoms with van der Waals surface area (Å²) < 4.78 is 0. The van der Waals surface area contributed by atoms with Crippen LogP contribution < -0.4 is 16.0 Å². The molecule has 198 valence electrons. The van der Waals surface area contributed by atoms with Crippen molar-refractivity contribution in [2.75, 3.05) is 48.8 Å². The average molecular weight is 513 g/mol. The van der Waals surface area contributed by atoms with Gasteiger partial charge in [-0.25, -0.2) is 0 Å². The molecule has 0 aromatic heterocycles. The molecule has 0 spiro atoms. The zero-order valence-electron chi connectivity index (χ0n) is 21.9. The summed E-state index contributed by atoms with van der Waals surface area (Å²) in [6, 6.07) is 16.8. The molecule has 0 aliphatic carbocycles. The predicted molar refractivity (Wildman–Crippen MR) is 157 cm³/mol. The van der Waals surface area contributed by atoms with Crippen molar-refractivity contribution < 1.29 is 10.2 Å². The average Bonchev–Trinajstić information content (AvgIpc) is 2.86. The lowest BCUT2D eigenvalue weighted by Crippen LogP contribution is -2.29. The van der Waals surface area contributed by atoms with Gasteiger partial charge < -0.3 is 26.2 Å². The van der Waals surface area contributed by atoms with Crippen molar-refractivity contribution in [2.24, 2.45) is 5.73 Å². The molecule has 6 nitrogen and oxygen atoms in total. The number of rotatable bonds is 17. The number of para-hydroxylation sites is 1. The monoisotopic (exact) mass is 512 g/mol. The number of hydrogen-bond acceptors (Lipinski definition) is 6. The third-order valence-corrected chi connectivity index (χ3v) is 7.04. The Balaban J connectivity index is 1.88. The summed E-state index contributed by atoms with van der Waals surface area (Å²) in [5.74, 6) is 0.934. The van der Waals surface area contributed by atoms with Gasteiger partial charge in [-0.3, -0.25) is 5.41 Å². The number of hydrogen-bond donors (Lipinski definition) is 5. The molecular formula is C29H44N4O2S. The van der Waals surface area contributed by atoms with E-state index in [1.165, 1.54) is 35.9 Å². The molecule has 7 heteroatoms. The Labute approximate surface area is 221 Å². The molecule has 6 N–H and O–H groups in total. The molecule has 0 radical (unpaired) electrons. The Morgan fingerprint density at radius 3 is 2.33 bits per heavy atom. The summed E-state index contributed by atoms with van der Waals surface area (Å²) in [7, 11) is 0. The lowest BCUT2D eigenvalue weighted by molar-refractivity contribution is 0.281. The normalized spacial score (nSPS) is 11.7. The third kappa shape index (κ3) is 10.6. The number of thioether (sulfide) groups is 1. The minimum absolute atomic E-state index is 0.0109. The topological polar surface area (TPSA) is 106 Å². The fourth-order valence-electron chi connectivity index (χ4n) is 4.22. The summed E-state index contributed by atoms with van der Waals surface area (Å²) >= 11 is 1.43. The minimum Gasteiger partial charge on any atom is -0.395 e. The number of benzene rings is 2. The van der Waals surface area contributed by atoms with E-state index in [-0.39, 0.29) is 23.8 Å². The Kier molecular flexibility index (Phi) is 13.5. The molecule has 2 rings (SSSR count). The quantitative estimate of drug-likeness (QED) is 0.110. The molecule has 36 heavy (non-hydrogen) atoms. The predicted octanol–water partition coefficient (Wildman–Crippen LogP) is 5.46. The fourth-order valence-corrected chi connectivity index (χ4v) is 4.79. The van der Waals surface area contributed by atoms with Gasteiger partial charge in [-0.2, -0.15) is 0 Å². The van der Waals surface area contributed by atoms with E-state index in [4.69, 9.17) is 11.1 Å². The van der Waals surface area contributed by atoms with Crippen LogP contribution in [-0.2, 0) is 5.41 Å². The van der Waals surface area contributed by atoms with Crippen molar-refractivity contribution in [1.82, 2.24) is 0 Å². The van der Waals surface area contributed by atoms with Crippen LogP contribution in [0.2, 0.25) is 0 Å². The molecular weight excluding hydrogens is 468 g/mol. The van der Waals surface area contributed by atoms with Gasteiger partial charge in [0.1, 0.15) is 0 Å². The second-order valence-electron chi connectivity index (χ2n) is 9.62. The first-order valence-electron chi connectivity index (χ1n) is 12.9. The van der Waals surface area contributed by atoms with Crippen molar-refractivity contribution in [2.45, 2.75) is 51.4 Å². The first kappa shape index (κ1) is 29.7. The summed E-state index contributed by atoms with van der Waals surface area (Å²) in [4.78, 5) is 1.98. The van der Waals surface area contributed by atoms with Crippen molar-refractivity contribution in [3.8, 4) is 0 Å². The molecule has 0 unspecified atom stereocenters. The van der Waals surface area contributed by atoms with E-state index in [1.54, 1.807) is 0 Å². The maximum Gasteiger partial charge on any atom is 0.151 e. The number of aliphatic hydroxyl groups excluding tert-OH is 2. The van der Waals surface area contributed by atoms with Gasteiger partial charge in [-0.15, -0.1) is 0 Å². The highest BCUT2D eigenvalue weighted by molar-refractivity contribution is 8.13. The highest BCUT2D eigenvalue weighted by atomic mass is 32.2. The Bertz CT molecular complexity index is 925. The lowest BCUT2D eigenvalue weighted by Gasteiger charge is -2.27. The largest absolute Gasteiger partial charge is 0.395 e. The van der Waals surface area contributed by atoms with Crippen molar-refractivity contribution in [3.63, 3.8) is 0 Å². The van der Waals surface area contributed by atoms with Crippen molar-refractivity contribution >= 4 is 34.4 Å². The molecule has 0 amide bonds. The third-order valence-electron chi connectivity index (χ3n) is 6.24. The van der Waals surface area contributed by atoms with Gasteiger partial charge in [0, 0.05) is 36.8 Å². The number of nitrogens with zero attached hydrogens (tertiary/aromatic N) is 1. The molecule has 2 aromatic rings. The van der Waals surface area contributed by atoms with E-state index in [2.05, 4.69) is 67.7 Å². The smallest absolute Gasteiger partial charge is 0.151 e. The van der Waals surface area contributed by atoms with Crippen LogP contribution in [0.1, 0.15) is 57.1 Å². The van der Waals surface area contributed by atoms with E-state index in [9.17, 15) is 10.2 Å². The zero-order chi connectivity index (χ0) is 26.2. The first-order valence-corrected chi connectivity index (χ1v) is 13.9. The molecule has 0 heterocycles. The van der Waals surface area contributed by atoms with E-state index in [0.29, 0.717) is 13.1 Å². The van der Waals surface area contributed by atoms with E-state index in [1.807, 2.05) is 17.0 Å². The van der Waals surface area contributed by atoms with Crippen LogP contribution in [0.4, 0.5) is 11.4 Å². The van der Waals surface area contributed by atoms with Crippen molar-refractivity contribution in [1.29, 1.82) is 5.41 Å². The van der Waals surface area contributed by atoms with Crippen LogP contribution in [0, 0.1) is 5.41 Å². The van der Waals surface area contributed by atoms with Gasteiger partial charge in [0.25, 0.3) is 0 Å². The van der Waals surface area contributed by atoms with Gasteiger partial charge in [0.2, 0.25) is 0 Å². The summed E-state index contributed by atoms with van der Waals surface area (Å²) in [6.07, 6.45) is 9.90. The molecule has 0 bridgehead atoms. The highest BCUT2D eigenvalue weighted by Crippen LogP contribution is 2.33. The molecule has 0 aliphatic heterocycles. The fraction of sp³-hybridized carbons (Fsp3) is 0.483. The van der Waals surface area contributed by atoms with Crippen LogP contribution in [0.3, 0.4) is 0 Å². The standard InChI is InChI=1S/C29H44N4O2S/c1-29(2,17-9-10-24-13-15-25(16-14-24)33(19-21-34)20-22-35)26-11-5-6-12-27(26)32-18-7-3-4-8-23-36-28(30)31/h5-6,9-16,32,34-35H,3-4,7-8,17-23H2,1-2H3,(H3,30,31)/b10-9+. The Hall–Kier alpha value is -2.48. The minimum atomic E-state index is -0.0109. The lowest BCUT2D eigenvalue weighted by atomic mass is 9.80. The number of nitrogens with two attached hydrogens (primary N) is 1. The maximum atomic E-state index is 9.25. The van der Waals surface area contributed by atoms with Gasteiger partial charge in [0.05, 0.1) is 13.2 Å². The van der Waals surface area contributed by atoms with E-state index in [0.717, 1.165) is 42.8 Å². The van der Waals surface area contributed by atoms with Crippen LogP contribution in [-0.4, -0.2) is 54.0 Å². The first-order chi connectivity index (χ1) is 17.4. The molecule has 0 fully saturated rings. The van der Waals surface area contributed by atoms with Crippen LogP contribution >= 0.6 is 11.8 Å². The number of anilines is 2. The molecule has 0 aliphatic rings. The van der Waals surface area contributed by atoms with Gasteiger partial charge in [0.15, 0.2) is 5.17 Å². The number of unbranched alkanes of at least 4 members (excludes halogenated alkanes) is 3. The molecule has 0 atom stereocenters. The zero-order valence-corrected chi connectivity index (χ0v) is 22.7. The Morgan fingerprint density at radius 2 is 1.67 bits per heavy atom. The molecule has 0 saturated heterocycles. The van der Waals surface area contributed by atoms with Gasteiger partial charge >= 0.3 is 0 Å². The summed E-state index contributed by atoms with van der Waals surface area (Å²) in [5, 5.41) is 29.6. The van der Waals surface area contributed by atoms with Crippen LogP contribution in [0.25, 0.3) is 6.08 Å². The number of amidine groups is 1. The van der Waals surface area contributed by atoms with Crippen LogP contribution in [0.5, 0.6) is 0 Å². The second-order valence-corrected chi connectivity index (χ2v) is 10.8. The van der Waals surface area contributed by atoms with Gasteiger partial charge in [-0.1, -0.05) is 80.9 Å². The highest BCUT2D eigenvalue weighted by Gasteiger charge is 2.22. The molecule has 0 saturated carbocycles. The second kappa shape index (κ2) is 16.3. The van der Waals surface area contributed by atoms with E-state index < -0.39 is 0 Å². The maximum absolute atomic E-state index is 9.25. The number of aliphatic hydroxyl groups is 2. The SMILES string of the molecule is CC(C)(C/C=C/c1ccc(N(CCO)CCO)cc1)c1ccccc1NCCCCCCSC(=N)N. The summed E-state index contributed by atoms with van der Waals surface area (Å²) in [5.41, 5.74) is 10.0. The number of allylic oxidation sites excluding steroid dienone is 1. The molecule has 2 aromatic carbocycles.